The fourth-order valence-electron chi connectivity index (χ4n) is 2.53. The van der Waals surface area contributed by atoms with E-state index in [4.69, 9.17) is 4.74 Å². The lowest BCUT2D eigenvalue weighted by molar-refractivity contribution is 0.296. The number of rotatable bonds is 3. The minimum Gasteiger partial charge on any atom is -0.487 e. The second-order valence-electron chi connectivity index (χ2n) is 4.95. The van der Waals surface area contributed by atoms with Crippen molar-refractivity contribution < 1.29 is 9.13 Å². The molecule has 0 unspecified atom stereocenters. The summed E-state index contributed by atoms with van der Waals surface area (Å²) in [6.45, 7) is 2.52. The van der Waals surface area contributed by atoms with Crippen molar-refractivity contribution in [2.75, 3.05) is 0 Å². The maximum absolute atomic E-state index is 13.1. The van der Waals surface area contributed by atoms with Crippen LogP contribution in [0.5, 0.6) is 5.75 Å². The van der Waals surface area contributed by atoms with Gasteiger partial charge in [-0.05, 0) is 30.7 Å². The number of para-hydroxylation sites is 1. The number of aromatic nitrogens is 1. The van der Waals surface area contributed by atoms with Crippen LogP contribution < -0.4 is 4.74 Å². The Kier molecular flexibility index (Phi) is 3.18. The van der Waals surface area contributed by atoms with Gasteiger partial charge in [-0.1, -0.05) is 24.3 Å². The summed E-state index contributed by atoms with van der Waals surface area (Å²) >= 11 is 0. The van der Waals surface area contributed by atoms with Gasteiger partial charge in [-0.3, -0.25) is 0 Å². The molecule has 0 bridgehead atoms. The molecule has 0 amide bonds. The van der Waals surface area contributed by atoms with E-state index in [-0.39, 0.29) is 5.82 Å². The zero-order chi connectivity index (χ0) is 14.1. The van der Waals surface area contributed by atoms with E-state index in [1.165, 1.54) is 28.6 Å². The number of halogens is 1. The molecule has 3 heteroatoms. The van der Waals surface area contributed by atoms with Gasteiger partial charge in [-0.25, -0.2) is 4.39 Å². The van der Waals surface area contributed by atoms with Gasteiger partial charge in [0.2, 0.25) is 0 Å². The van der Waals surface area contributed by atoms with E-state index < -0.39 is 0 Å². The zero-order valence-electron chi connectivity index (χ0n) is 11.6. The molecule has 0 aliphatic carbocycles. The maximum atomic E-state index is 13.1. The lowest BCUT2D eigenvalue weighted by Crippen LogP contribution is -2.02. The van der Waals surface area contributed by atoms with E-state index in [0.717, 1.165) is 5.69 Å². The standard InChI is InChI=1S/C17H16FNO/c1-12-5-3-6-13-9-15(19(2)17(12)13)11-20-16-8-4-7-14(18)10-16/h3-10H,11H2,1-2H3. The van der Waals surface area contributed by atoms with Crippen LogP contribution in [0, 0.1) is 12.7 Å². The van der Waals surface area contributed by atoms with Gasteiger partial charge in [0.05, 0.1) is 11.2 Å². The Balaban J connectivity index is 1.88. The third-order valence-corrected chi connectivity index (χ3v) is 3.54. The molecule has 3 rings (SSSR count). The maximum Gasteiger partial charge on any atom is 0.128 e. The van der Waals surface area contributed by atoms with Crippen LogP contribution in [0.4, 0.5) is 4.39 Å². The number of ether oxygens (including phenoxy) is 1. The van der Waals surface area contributed by atoms with Crippen molar-refractivity contribution in [3.8, 4) is 5.75 Å². The van der Waals surface area contributed by atoms with E-state index in [2.05, 4.69) is 35.8 Å². The highest BCUT2D eigenvalue weighted by Crippen LogP contribution is 2.23. The van der Waals surface area contributed by atoms with E-state index in [1.807, 2.05) is 7.05 Å². The summed E-state index contributed by atoms with van der Waals surface area (Å²) in [5, 5.41) is 1.20. The van der Waals surface area contributed by atoms with Crippen LogP contribution >= 0.6 is 0 Å². The third kappa shape index (κ3) is 2.27. The summed E-state index contributed by atoms with van der Waals surface area (Å²) in [7, 11) is 2.03. The number of nitrogens with zero attached hydrogens (tertiary/aromatic N) is 1. The van der Waals surface area contributed by atoms with Gasteiger partial charge in [0.15, 0.2) is 0 Å². The molecule has 102 valence electrons. The van der Waals surface area contributed by atoms with Gasteiger partial charge in [-0.2, -0.15) is 0 Å². The van der Waals surface area contributed by atoms with Crippen molar-refractivity contribution >= 4 is 10.9 Å². The molecule has 0 aliphatic heterocycles. The molecule has 0 fully saturated rings. The second kappa shape index (κ2) is 5.00. The Labute approximate surface area is 117 Å². The molecule has 1 aromatic heterocycles. The van der Waals surface area contributed by atoms with Crippen LogP contribution in [0.3, 0.4) is 0 Å². The predicted molar refractivity (Wildman–Crippen MR) is 78.4 cm³/mol. The topological polar surface area (TPSA) is 14.2 Å². The Morgan fingerprint density at radius 2 is 1.90 bits per heavy atom. The normalized spacial score (nSPS) is 10.9. The van der Waals surface area contributed by atoms with Crippen molar-refractivity contribution in [2.24, 2.45) is 7.05 Å². The quantitative estimate of drug-likeness (QED) is 0.695. The summed E-state index contributed by atoms with van der Waals surface area (Å²) in [6, 6.07) is 14.6. The molecule has 0 spiro atoms. The minimum absolute atomic E-state index is 0.282. The van der Waals surface area contributed by atoms with Crippen molar-refractivity contribution in [1.82, 2.24) is 4.57 Å². The fraction of sp³-hybridized carbons (Fsp3) is 0.176. The molecule has 0 radical (unpaired) electrons. The van der Waals surface area contributed by atoms with Gasteiger partial charge in [-0.15, -0.1) is 0 Å². The van der Waals surface area contributed by atoms with Crippen LogP contribution in [0.15, 0.2) is 48.5 Å². The number of hydrogen-bond donors (Lipinski definition) is 0. The number of hydrogen-bond acceptors (Lipinski definition) is 1. The molecular formula is C17H16FNO. The molecule has 20 heavy (non-hydrogen) atoms. The average molecular weight is 269 g/mol. The van der Waals surface area contributed by atoms with Gasteiger partial charge in [0.25, 0.3) is 0 Å². The molecule has 3 aromatic rings. The molecule has 0 saturated heterocycles. The Morgan fingerprint density at radius 3 is 2.65 bits per heavy atom. The van der Waals surface area contributed by atoms with Gasteiger partial charge in [0, 0.05) is 18.5 Å². The first kappa shape index (κ1) is 12.7. The molecule has 2 nitrogen and oxygen atoms in total. The first-order valence-corrected chi connectivity index (χ1v) is 6.57. The number of aryl methyl sites for hydroxylation is 2. The van der Waals surface area contributed by atoms with Crippen LogP contribution in [0.2, 0.25) is 0 Å². The summed E-state index contributed by atoms with van der Waals surface area (Å²) in [6.07, 6.45) is 0. The first-order valence-electron chi connectivity index (χ1n) is 6.57. The molecular weight excluding hydrogens is 253 g/mol. The summed E-state index contributed by atoms with van der Waals surface area (Å²) in [4.78, 5) is 0. The van der Waals surface area contributed by atoms with E-state index in [9.17, 15) is 4.39 Å². The van der Waals surface area contributed by atoms with Gasteiger partial charge in [0.1, 0.15) is 18.2 Å². The lowest BCUT2D eigenvalue weighted by Gasteiger charge is -2.08. The van der Waals surface area contributed by atoms with Gasteiger partial charge >= 0.3 is 0 Å². The summed E-state index contributed by atoms with van der Waals surface area (Å²) in [5.41, 5.74) is 3.52. The largest absolute Gasteiger partial charge is 0.487 e. The minimum atomic E-state index is -0.282. The number of benzene rings is 2. The Morgan fingerprint density at radius 1 is 1.10 bits per heavy atom. The zero-order valence-corrected chi connectivity index (χ0v) is 11.6. The van der Waals surface area contributed by atoms with Crippen LogP contribution in [-0.4, -0.2) is 4.57 Å². The monoisotopic (exact) mass is 269 g/mol. The Hall–Kier alpha value is -2.29. The SMILES string of the molecule is Cc1cccc2cc(COc3cccc(F)c3)n(C)c12. The third-order valence-electron chi connectivity index (χ3n) is 3.54. The highest BCUT2D eigenvalue weighted by molar-refractivity contribution is 5.84. The summed E-state index contributed by atoms with van der Waals surface area (Å²) in [5.74, 6) is 0.266. The first-order chi connectivity index (χ1) is 9.65. The van der Waals surface area contributed by atoms with Crippen LogP contribution in [-0.2, 0) is 13.7 Å². The highest BCUT2D eigenvalue weighted by atomic mass is 19.1. The molecule has 0 N–H and O–H groups in total. The second-order valence-corrected chi connectivity index (χ2v) is 4.95. The molecule has 1 heterocycles. The molecule has 2 aromatic carbocycles. The summed E-state index contributed by atoms with van der Waals surface area (Å²) < 4.78 is 20.9. The van der Waals surface area contributed by atoms with E-state index >= 15 is 0 Å². The van der Waals surface area contributed by atoms with Crippen LogP contribution in [0.25, 0.3) is 10.9 Å². The van der Waals surface area contributed by atoms with Crippen molar-refractivity contribution in [3.63, 3.8) is 0 Å². The van der Waals surface area contributed by atoms with Crippen LogP contribution in [0.1, 0.15) is 11.3 Å². The van der Waals surface area contributed by atoms with Crippen molar-refractivity contribution in [2.45, 2.75) is 13.5 Å². The number of fused-ring (bicyclic) bond motifs is 1. The molecule has 0 aliphatic rings. The lowest BCUT2D eigenvalue weighted by atomic mass is 10.2. The smallest absolute Gasteiger partial charge is 0.128 e. The Bertz CT molecular complexity index is 761. The molecule has 0 saturated carbocycles. The van der Waals surface area contributed by atoms with Crippen molar-refractivity contribution in [1.29, 1.82) is 0 Å². The fourth-order valence-corrected chi connectivity index (χ4v) is 2.53. The predicted octanol–water partition coefficient (Wildman–Crippen LogP) is 4.20. The highest BCUT2D eigenvalue weighted by Gasteiger charge is 2.08. The van der Waals surface area contributed by atoms with Gasteiger partial charge < -0.3 is 9.30 Å². The molecule has 0 atom stereocenters. The van der Waals surface area contributed by atoms with E-state index in [0.29, 0.717) is 12.4 Å². The van der Waals surface area contributed by atoms with Crippen molar-refractivity contribution in [3.05, 3.63) is 65.6 Å². The average Bonchev–Trinajstić information content (AvgIpc) is 2.75. The van der Waals surface area contributed by atoms with E-state index in [1.54, 1.807) is 12.1 Å².